The van der Waals surface area contributed by atoms with Crippen LogP contribution in [-0.4, -0.2) is 65.0 Å². The van der Waals surface area contributed by atoms with Gasteiger partial charge in [0.1, 0.15) is 23.5 Å². The summed E-state index contributed by atoms with van der Waals surface area (Å²) in [4.78, 5) is 10.3. The Balaban J connectivity index is 0.000000243. The lowest BCUT2D eigenvalue weighted by molar-refractivity contribution is -0.137. The zero-order valence-electron chi connectivity index (χ0n) is 40.3. The number of nitrogens with one attached hydrogen (secondary N) is 2. The molecule has 1 saturated carbocycles. The van der Waals surface area contributed by atoms with Crippen molar-refractivity contribution in [2.24, 2.45) is 5.41 Å². The highest BCUT2D eigenvalue weighted by Crippen LogP contribution is 2.38. The summed E-state index contributed by atoms with van der Waals surface area (Å²) in [5.41, 5.74) is 12.9. The second kappa shape index (κ2) is 27.1. The number of ether oxygens (including phenoxy) is 5. The summed E-state index contributed by atoms with van der Waals surface area (Å²) in [6.45, 7) is 15.1. The predicted octanol–water partition coefficient (Wildman–Crippen LogP) is 13.7. The molecule has 2 fully saturated rings. The van der Waals surface area contributed by atoms with Crippen molar-refractivity contribution in [3.63, 3.8) is 0 Å². The standard InChI is InChI=1S/C33H45NO5.C13H9N.C10H12O.C2H6/c1-25-19-28(12-14-30(25)38-17-7-5-4-6-16-36-22-33(2)23-37-24-33)32(27-9-8-10-27)39-31-13-11-26(15-18-35-3)20-29(31)21-34;14-13-11-7-3-1-5-9(11)10-6-2-4-8-12(10)13;1-2-3-9-4-6-10(8-11)7-5-9;1-2/h11-14,19-21,34H,4-10,15-18,22-24H2,1-3H3;1-8,14H;4-8H,2-3H2,1H3;1-2H3. The number of carbonyl (C=O) groups excluding carboxylic acids is 1. The Morgan fingerprint density at radius 1 is 0.742 bits per heavy atom. The third-order valence-electron chi connectivity index (χ3n) is 11.9. The van der Waals surface area contributed by atoms with Gasteiger partial charge in [0.05, 0.1) is 38.7 Å². The van der Waals surface area contributed by atoms with Crippen molar-refractivity contribution >= 4 is 24.0 Å². The van der Waals surface area contributed by atoms with Gasteiger partial charge in [-0.05, 0) is 122 Å². The van der Waals surface area contributed by atoms with E-state index in [0.29, 0.717) is 12.3 Å². The number of carbonyl (C=O) groups is 1. The molecule has 0 amide bonds. The molecule has 2 N–H and O–H groups in total. The van der Waals surface area contributed by atoms with Gasteiger partial charge in [0, 0.05) is 53.2 Å². The molecule has 8 rings (SSSR count). The minimum Gasteiger partial charge on any atom is -0.493 e. The Hall–Kier alpha value is -5.67. The summed E-state index contributed by atoms with van der Waals surface area (Å²) < 4.78 is 28.9. The molecule has 0 bridgehead atoms. The fourth-order valence-electron chi connectivity index (χ4n) is 7.92. The second-order valence-electron chi connectivity index (χ2n) is 17.3. The smallest absolute Gasteiger partial charge is 0.150 e. The molecule has 3 aliphatic rings. The minimum absolute atomic E-state index is 0.238. The van der Waals surface area contributed by atoms with Gasteiger partial charge in [-0.2, -0.15) is 0 Å². The lowest BCUT2D eigenvalue weighted by atomic mass is 9.89. The van der Waals surface area contributed by atoms with Gasteiger partial charge in [-0.25, -0.2) is 0 Å². The summed E-state index contributed by atoms with van der Waals surface area (Å²) in [7, 11) is 1.70. The quantitative estimate of drug-likeness (QED) is 0.0342. The van der Waals surface area contributed by atoms with Crippen molar-refractivity contribution in [1.82, 2.24) is 0 Å². The van der Waals surface area contributed by atoms with Crippen LogP contribution in [0.2, 0.25) is 0 Å². The van der Waals surface area contributed by atoms with E-state index in [4.69, 9.17) is 34.5 Å². The number of aldehydes is 1. The molecular weight excluding hydrogens is 821 g/mol. The fourth-order valence-corrected chi connectivity index (χ4v) is 7.92. The number of rotatable bonds is 20. The molecule has 1 heterocycles. The maximum absolute atomic E-state index is 10.3. The van der Waals surface area contributed by atoms with E-state index in [0.717, 1.165) is 153 Å². The van der Waals surface area contributed by atoms with Crippen LogP contribution in [0.25, 0.3) is 16.9 Å². The monoisotopic (exact) mass is 893 g/mol. The molecule has 1 saturated heterocycles. The summed E-state index contributed by atoms with van der Waals surface area (Å²) in [6.07, 6.45) is 13.0. The largest absolute Gasteiger partial charge is 0.493 e. The first-order chi connectivity index (χ1) is 32.2. The second-order valence-corrected chi connectivity index (χ2v) is 17.3. The van der Waals surface area contributed by atoms with E-state index >= 15 is 0 Å². The van der Waals surface area contributed by atoms with Gasteiger partial charge in [0.15, 0.2) is 0 Å². The summed E-state index contributed by atoms with van der Waals surface area (Å²) in [5, 5.41) is 15.9. The highest BCUT2D eigenvalue weighted by atomic mass is 16.5. The highest BCUT2D eigenvalue weighted by molar-refractivity contribution is 6.22. The molecule has 0 atom stereocenters. The molecule has 350 valence electrons. The number of aryl methyl sites for hydroxylation is 2. The van der Waals surface area contributed by atoms with E-state index < -0.39 is 0 Å². The van der Waals surface area contributed by atoms with E-state index in [1.165, 1.54) is 34.9 Å². The average Bonchev–Trinajstić information content (AvgIpc) is 3.62. The van der Waals surface area contributed by atoms with Gasteiger partial charge in [-0.15, -0.1) is 0 Å². The van der Waals surface area contributed by atoms with Gasteiger partial charge in [0.2, 0.25) is 0 Å². The third kappa shape index (κ3) is 14.7. The van der Waals surface area contributed by atoms with Crippen LogP contribution in [0.1, 0.15) is 128 Å². The van der Waals surface area contributed by atoms with Crippen LogP contribution in [0.5, 0.6) is 11.5 Å². The van der Waals surface area contributed by atoms with Crippen molar-refractivity contribution in [3.05, 3.63) is 159 Å². The predicted molar refractivity (Wildman–Crippen MR) is 271 cm³/mol. The lowest BCUT2D eigenvalue weighted by Crippen LogP contribution is -2.43. The van der Waals surface area contributed by atoms with Crippen LogP contribution >= 0.6 is 0 Å². The molecule has 2 aliphatic carbocycles. The first-order valence-electron chi connectivity index (χ1n) is 24.0. The highest BCUT2D eigenvalue weighted by Gasteiger charge is 2.33. The Morgan fingerprint density at radius 2 is 1.36 bits per heavy atom. The van der Waals surface area contributed by atoms with Crippen molar-refractivity contribution in [2.45, 2.75) is 98.8 Å². The number of fused-ring (bicyclic) bond motifs is 3. The molecule has 5 aromatic rings. The fraction of sp³-hybridized carbons (Fsp3) is 0.397. The normalized spacial score (nSPS) is 13.7. The van der Waals surface area contributed by atoms with Crippen LogP contribution in [0.15, 0.2) is 115 Å². The molecule has 0 radical (unpaired) electrons. The van der Waals surface area contributed by atoms with Crippen molar-refractivity contribution < 1.29 is 28.5 Å². The van der Waals surface area contributed by atoms with Gasteiger partial charge in [-0.1, -0.05) is 119 Å². The average molecular weight is 893 g/mol. The summed E-state index contributed by atoms with van der Waals surface area (Å²) >= 11 is 0. The van der Waals surface area contributed by atoms with E-state index in [9.17, 15) is 4.79 Å². The van der Waals surface area contributed by atoms with Crippen molar-refractivity contribution in [2.75, 3.05) is 46.8 Å². The van der Waals surface area contributed by atoms with E-state index in [2.05, 4.69) is 57.2 Å². The number of hydrogen-bond acceptors (Lipinski definition) is 8. The van der Waals surface area contributed by atoms with Crippen LogP contribution < -0.4 is 9.47 Å². The van der Waals surface area contributed by atoms with Crippen LogP contribution in [0.4, 0.5) is 0 Å². The zero-order valence-corrected chi connectivity index (χ0v) is 40.3. The Morgan fingerprint density at radius 3 is 1.91 bits per heavy atom. The van der Waals surface area contributed by atoms with Gasteiger partial charge >= 0.3 is 0 Å². The molecule has 8 nitrogen and oxygen atoms in total. The first kappa shape index (κ1) is 51.3. The maximum atomic E-state index is 10.3. The lowest BCUT2D eigenvalue weighted by Gasteiger charge is -2.37. The minimum atomic E-state index is 0.238. The SMILES string of the molecule is CC.CCCc1ccc(C=O)cc1.COCCc1ccc(OC(=C2CCC2)c2ccc(OCCCCCCOCC3(C)COC3)c(C)c2)c(C=N)c1.N=C1c2ccccc2-c2ccccc21. The van der Waals surface area contributed by atoms with E-state index in [1.54, 1.807) is 7.11 Å². The van der Waals surface area contributed by atoms with Crippen molar-refractivity contribution in [3.8, 4) is 22.6 Å². The number of benzene rings is 5. The van der Waals surface area contributed by atoms with E-state index in [-0.39, 0.29) is 5.41 Å². The van der Waals surface area contributed by atoms with Crippen LogP contribution in [0.3, 0.4) is 0 Å². The van der Waals surface area contributed by atoms with Crippen LogP contribution in [0, 0.1) is 23.2 Å². The third-order valence-corrected chi connectivity index (χ3v) is 11.9. The van der Waals surface area contributed by atoms with E-state index in [1.807, 2.05) is 86.6 Å². The number of hydrogen-bond donors (Lipinski definition) is 2. The number of unbranched alkanes of at least 4 members (excludes halogenated alkanes) is 3. The van der Waals surface area contributed by atoms with Gasteiger partial charge < -0.3 is 29.1 Å². The van der Waals surface area contributed by atoms with Crippen LogP contribution in [-0.2, 0) is 27.1 Å². The van der Waals surface area contributed by atoms with Gasteiger partial charge in [0.25, 0.3) is 0 Å². The molecule has 8 heteroatoms. The zero-order chi connectivity index (χ0) is 47.2. The Bertz CT molecular complexity index is 2290. The Kier molecular flexibility index (Phi) is 21.1. The molecule has 5 aromatic carbocycles. The number of methoxy groups -OCH3 is 1. The molecular formula is C58H72N2O6. The van der Waals surface area contributed by atoms with Crippen molar-refractivity contribution in [1.29, 1.82) is 10.8 Å². The molecule has 1 aliphatic heterocycles. The summed E-state index contributed by atoms with van der Waals surface area (Å²) in [5.74, 6) is 2.57. The molecule has 66 heavy (non-hydrogen) atoms. The first-order valence-corrected chi connectivity index (χ1v) is 24.0. The van der Waals surface area contributed by atoms with Gasteiger partial charge in [-0.3, -0.25) is 10.2 Å². The maximum Gasteiger partial charge on any atom is 0.150 e. The number of allylic oxidation sites excluding steroid dienone is 1. The topological polar surface area (TPSA) is 111 Å². The Labute approximate surface area is 394 Å². The molecule has 0 spiro atoms. The summed E-state index contributed by atoms with van der Waals surface area (Å²) in [6, 6.07) is 36.3. The molecule has 0 aromatic heterocycles. The molecule has 0 unspecified atom stereocenters.